The van der Waals surface area contributed by atoms with Gasteiger partial charge in [0.2, 0.25) is 17.6 Å². The predicted molar refractivity (Wildman–Crippen MR) is 113 cm³/mol. The third kappa shape index (κ3) is 4.51. The zero-order valence-corrected chi connectivity index (χ0v) is 17.8. The molecule has 0 spiro atoms. The molecular formula is C21H23N3O5S. The molecule has 30 heavy (non-hydrogen) atoms. The highest BCUT2D eigenvalue weighted by Crippen LogP contribution is 2.27. The number of aromatic nitrogens is 2. The molecule has 158 valence electrons. The summed E-state index contributed by atoms with van der Waals surface area (Å²) in [5.74, 6) is -0.366. The number of nitrogens with zero attached hydrogens (tertiary/aromatic N) is 3. The van der Waals surface area contributed by atoms with Crippen molar-refractivity contribution in [1.29, 1.82) is 0 Å². The quantitative estimate of drug-likeness (QED) is 0.542. The van der Waals surface area contributed by atoms with E-state index in [1.165, 1.54) is 18.9 Å². The highest BCUT2D eigenvalue weighted by molar-refractivity contribution is 7.92. The van der Waals surface area contributed by atoms with Gasteiger partial charge in [-0.15, -0.1) is 0 Å². The fourth-order valence-electron chi connectivity index (χ4n) is 3.00. The second-order valence-electron chi connectivity index (χ2n) is 6.58. The van der Waals surface area contributed by atoms with E-state index < -0.39 is 26.7 Å². The zero-order valence-electron chi connectivity index (χ0n) is 17.0. The molecule has 1 heterocycles. The van der Waals surface area contributed by atoms with Gasteiger partial charge < -0.3 is 14.2 Å². The van der Waals surface area contributed by atoms with Gasteiger partial charge in [0.25, 0.3) is 0 Å². The summed E-state index contributed by atoms with van der Waals surface area (Å²) in [6.45, 7) is 3.52. The number of ether oxygens (including phenoxy) is 1. The maximum Gasteiger partial charge on any atom is 0.245 e. The molecule has 1 aromatic heterocycles. The Morgan fingerprint density at radius 2 is 1.80 bits per heavy atom. The molecule has 0 unspecified atom stereocenters. The van der Waals surface area contributed by atoms with E-state index in [0.29, 0.717) is 23.5 Å². The molecule has 0 fully saturated rings. The van der Waals surface area contributed by atoms with Gasteiger partial charge in [0.1, 0.15) is 16.8 Å². The van der Waals surface area contributed by atoms with E-state index >= 15 is 0 Å². The number of sulfone groups is 1. The molecule has 8 nitrogen and oxygen atoms in total. The van der Waals surface area contributed by atoms with E-state index in [1.54, 1.807) is 55.5 Å². The van der Waals surface area contributed by atoms with E-state index in [0.717, 1.165) is 0 Å². The molecule has 0 aliphatic rings. The van der Waals surface area contributed by atoms with Gasteiger partial charge in [-0.3, -0.25) is 4.79 Å². The Morgan fingerprint density at radius 1 is 1.13 bits per heavy atom. The van der Waals surface area contributed by atoms with E-state index in [4.69, 9.17) is 9.26 Å². The lowest BCUT2D eigenvalue weighted by atomic mass is 10.2. The van der Waals surface area contributed by atoms with Crippen LogP contribution in [0.3, 0.4) is 0 Å². The molecular weight excluding hydrogens is 406 g/mol. The van der Waals surface area contributed by atoms with Gasteiger partial charge in [-0.05, 0) is 38.1 Å². The minimum atomic E-state index is -3.88. The van der Waals surface area contributed by atoms with Crippen LogP contribution in [0.5, 0.6) is 5.75 Å². The van der Waals surface area contributed by atoms with E-state index in [9.17, 15) is 13.2 Å². The second-order valence-corrected chi connectivity index (χ2v) is 8.90. The van der Waals surface area contributed by atoms with Crippen molar-refractivity contribution in [1.82, 2.24) is 10.1 Å². The summed E-state index contributed by atoms with van der Waals surface area (Å²) in [4.78, 5) is 18.5. The molecule has 0 N–H and O–H groups in total. The first-order chi connectivity index (χ1) is 14.4. The molecule has 3 rings (SSSR count). The van der Waals surface area contributed by atoms with Crippen molar-refractivity contribution in [3.63, 3.8) is 0 Å². The SMILES string of the molecule is CCN(C(=O)[C@H](C)S(=O)(=O)Cc1nc(-c2ccccc2OC)no1)c1ccccc1. The second kappa shape index (κ2) is 9.08. The van der Waals surface area contributed by atoms with Crippen LogP contribution >= 0.6 is 0 Å². The lowest BCUT2D eigenvalue weighted by Gasteiger charge is -2.24. The highest BCUT2D eigenvalue weighted by atomic mass is 32.2. The fraction of sp³-hybridized carbons (Fsp3) is 0.286. The number of hydrogen-bond acceptors (Lipinski definition) is 7. The van der Waals surface area contributed by atoms with E-state index in [2.05, 4.69) is 10.1 Å². The van der Waals surface area contributed by atoms with Gasteiger partial charge in [0.15, 0.2) is 9.84 Å². The first-order valence-electron chi connectivity index (χ1n) is 9.41. The summed E-state index contributed by atoms with van der Waals surface area (Å²) in [7, 11) is -2.36. The molecule has 0 saturated heterocycles. The van der Waals surface area contributed by atoms with Gasteiger partial charge in [0.05, 0.1) is 12.7 Å². The molecule has 0 saturated carbocycles. The van der Waals surface area contributed by atoms with Gasteiger partial charge in [-0.2, -0.15) is 4.98 Å². The van der Waals surface area contributed by atoms with Crippen molar-refractivity contribution in [3.8, 4) is 17.1 Å². The number of carbonyl (C=O) groups excluding carboxylic acids is 1. The largest absolute Gasteiger partial charge is 0.496 e. The fourth-order valence-corrected chi connectivity index (χ4v) is 4.14. The predicted octanol–water partition coefficient (Wildman–Crippen LogP) is 3.10. The molecule has 1 atom stereocenters. The number of para-hydroxylation sites is 2. The summed E-state index contributed by atoms with van der Waals surface area (Å²) >= 11 is 0. The van der Waals surface area contributed by atoms with E-state index in [1.807, 2.05) is 6.07 Å². The van der Waals surface area contributed by atoms with Crippen molar-refractivity contribution >= 4 is 21.4 Å². The van der Waals surface area contributed by atoms with Crippen molar-refractivity contribution in [2.75, 3.05) is 18.6 Å². The number of anilines is 1. The summed E-state index contributed by atoms with van der Waals surface area (Å²) in [5, 5.41) is 2.59. The summed E-state index contributed by atoms with van der Waals surface area (Å²) in [6, 6.07) is 16.0. The van der Waals surface area contributed by atoms with Gasteiger partial charge in [-0.25, -0.2) is 8.42 Å². The Labute approximate surface area is 175 Å². The van der Waals surface area contributed by atoms with Crippen LogP contribution in [0.15, 0.2) is 59.1 Å². The van der Waals surface area contributed by atoms with Crippen molar-refractivity contribution in [2.45, 2.75) is 24.9 Å². The molecule has 2 aromatic carbocycles. The van der Waals surface area contributed by atoms with Crippen LogP contribution in [-0.2, 0) is 20.4 Å². The normalized spacial score (nSPS) is 12.4. The summed E-state index contributed by atoms with van der Waals surface area (Å²) < 4.78 is 36.1. The molecule has 0 aliphatic carbocycles. The Kier molecular flexibility index (Phi) is 6.51. The van der Waals surface area contributed by atoms with Crippen molar-refractivity contribution in [2.24, 2.45) is 0 Å². The number of carbonyl (C=O) groups is 1. The Balaban J connectivity index is 1.79. The molecule has 0 aliphatic heterocycles. The number of rotatable bonds is 8. The maximum atomic E-state index is 12.9. The van der Waals surface area contributed by atoms with Crippen LogP contribution in [-0.4, -0.2) is 43.4 Å². The van der Waals surface area contributed by atoms with Crippen molar-refractivity contribution in [3.05, 3.63) is 60.5 Å². The van der Waals surface area contributed by atoms with Crippen molar-refractivity contribution < 1.29 is 22.5 Å². The third-order valence-corrected chi connectivity index (χ3v) is 6.61. The topological polar surface area (TPSA) is 103 Å². The van der Waals surface area contributed by atoms with Gasteiger partial charge >= 0.3 is 0 Å². The number of hydrogen-bond donors (Lipinski definition) is 0. The van der Waals surface area contributed by atoms with Gasteiger partial charge in [0, 0.05) is 12.2 Å². The monoisotopic (exact) mass is 429 g/mol. The van der Waals surface area contributed by atoms with Crippen LogP contribution in [0.1, 0.15) is 19.7 Å². The smallest absolute Gasteiger partial charge is 0.245 e. The van der Waals surface area contributed by atoms with E-state index in [-0.39, 0.29) is 11.7 Å². The first kappa shape index (κ1) is 21.5. The lowest BCUT2D eigenvalue weighted by molar-refractivity contribution is -0.117. The lowest BCUT2D eigenvalue weighted by Crippen LogP contribution is -2.42. The Hall–Kier alpha value is -3.20. The number of methoxy groups -OCH3 is 1. The zero-order chi connectivity index (χ0) is 21.7. The number of benzene rings is 2. The maximum absolute atomic E-state index is 12.9. The average Bonchev–Trinajstić information content (AvgIpc) is 3.21. The third-order valence-electron chi connectivity index (χ3n) is 4.68. The molecule has 0 bridgehead atoms. The highest BCUT2D eigenvalue weighted by Gasteiger charge is 2.33. The Bertz CT molecular complexity index is 1110. The Morgan fingerprint density at radius 3 is 2.47 bits per heavy atom. The van der Waals surface area contributed by atoms with Crippen LogP contribution < -0.4 is 9.64 Å². The number of amides is 1. The minimum absolute atomic E-state index is 0.0849. The van der Waals surface area contributed by atoms with Gasteiger partial charge in [-0.1, -0.05) is 35.5 Å². The van der Waals surface area contributed by atoms with Crippen LogP contribution in [0.25, 0.3) is 11.4 Å². The molecule has 0 radical (unpaired) electrons. The average molecular weight is 429 g/mol. The van der Waals surface area contributed by atoms with Crippen LogP contribution in [0.4, 0.5) is 5.69 Å². The first-order valence-corrected chi connectivity index (χ1v) is 11.1. The molecule has 3 aromatic rings. The summed E-state index contributed by atoms with van der Waals surface area (Å²) in [6.07, 6.45) is 0. The standard InChI is InChI=1S/C21H23N3O5S/c1-4-24(16-10-6-5-7-11-16)21(25)15(2)30(26,27)14-19-22-20(23-29-19)17-12-8-9-13-18(17)28-3/h5-13,15H,4,14H2,1-3H3/t15-/m0/s1. The minimum Gasteiger partial charge on any atom is -0.496 e. The van der Waals surface area contributed by atoms with Crippen LogP contribution in [0.2, 0.25) is 0 Å². The summed E-state index contributed by atoms with van der Waals surface area (Å²) in [5.41, 5.74) is 1.22. The molecule has 1 amide bonds. The van der Waals surface area contributed by atoms with Crippen LogP contribution in [0, 0.1) is 0 Å². The molecule has 9 heteroatoms.